The molecule has 6 nitrogen and oxygen atoms in total. The number of piperazine rings is 1. The second-order valence-electron chi connectivity index (χ2n) is 4.73. The summed E-state index contributed by atoms with van der Waals surface area (Å²) >= 11 is 0. The number of hydrogen-bond donors (Lipinski definition) is 2. The summed E-state index contributed by atoms with van der Waals surface area (Å²) in [5.41, 5.74) is 1.52. The minimum Gasteiger partial charge on any atom is -0.394 e. The van der Waals surface area contributed by atoms with Gasteiger partial charge in [-0.15, -0.1) is 4.91 Å². The minimum atomic E-state index is -0.663. The number of aliphatic hydroxyl groups excluding tert-OH is 2. The largest absolute Gasteiger partial charge is 0.394 e. The third-order valence-electron chi connectivity index (χ3n) is 3.37. The molecular formula is C13H19N3O3. The molecule has 6 heteroatoms. The lowest BCUT2D eigenvalue weighted by atomic mass is 10.2. The molecule has 104 valence electrons. The first-order valence-electron chi connectivity index (χ1n) is 6.42. The lowest BCUT2D eigenvalue weighted by molar-refractivity contribution is 0.0575. The van der Waals surface area contributed by atoms with Crippen LogP contribution in [0.5, 0.6) is 0 Å². The van der Waals surface area contributed by atoms with Gasteiger partial charge in [0.15, 0.2) is 0 Å². The summed E-state index contributed by atoms with van der Waals surface area (Å²) in [5.74, 6) is 0. The molecule has 0 amide bonds. The van der Waals surface area contributed by atoms with Crippen LogP contribution in [-0.4, -0.2) is 60.5 Å². The molecule has 1 atom stereocenters. The average molecular weight is 265 g/mol. The van der Waals surface area contributed by atoms with E-state index in [1.165, 1.54) is 0 Å². The minimum absolute atomic E-state index is 0.194. The highest BCUT2D eigenvalue weighted by Crippen LogP contribution is 2.20. The van der Waals surface area contributed by atoms with E-state index in [1.54, 1.807) is 12.1 Å². The molecule has 0 saturated carbocycles. The van der Waals surface area contributed by atoms with Crippen LogP contribution < -0.4 is 4.90 Å². The lowest BCUT2D eigenvalue weighted by Gasteiger charge is -2.36. The van der Waals surface area contributed by atoms with E-state index in [9.17, 15) is 10.0 Å². The zero-order chi connectivity index (χ0) is 13.7. The molecule has 0 aliphatic carbocycles. The summed E-state index contributed by atoms with van der Waals surface area (Å²) in [4.78, 5) is 14.7. The Kier molecular flexibility index (Phi) is 4.84. The van der Waals surface area contributed by atoms with E-state index in [-0.39, 0.29) is 6.61 Å². The van der Waals surface area contributed by atoms with Crippen molar-refractivity contribution < 1.29 is 10.2 Å². The molecule has 2 rings (SSSR count). The van der Waals surface area contributed by atoms with Gasteiger partial charge in [-0.2, -0.15) is 0 Å². The van der Waals surface area contributed by atoms with Crippen molar-refractivity contribution in [3.05, 3.63) is 29.2 Å². The number of anilines is 1. The van der Waals surface area contributed by atoms with Crippen molar-refractivity contribution in [2.75, 3.05) is 44.2 Å². The van der Waals surface area contributed by atoms with Crippen LogP contribution in [0, 0.1) is 4.91 Å². The predicted molar refractivity (Wildman–Crippen MR) is 73.6 cm³/mol. The maximum Gasteiger partial charge on any atom is 0.108 e. The van der Waals surface area contributed by atoms with Gasteiger partial charge in [-0.3, -0.25) is 4.90 Å². The third-order valence-corrected chi connectivity index (χ3v) is 3.37. The van der Waals surface area contributed by atoms with Gasteiger partial charge in [0.25, 0.3) is 0 Å². The first-order chi connectivity index (χ1) is 9.22. The molecular weight excluding hydrogens is 246 g/mol. The number of rotatable bonds is 5. The summed E-state index contributed by atoms with van der Waals surface area (Å²) in [5, 5.41) is 21.1. The number of nitroso groups, excluding NO2 is 1. The van der Waals surface area contributed by atoms with Gasteiger partial charge in [-0.25, -0.2) is 0 Å². The highest BCUT2D eigenvalue weighted by molar-refractivity contribution is 5.53. The molecule has 0 spiro atoms. The van der Waals surface area contributed by atoms with E-state index in [1.807, 2.05) is 12.1 Å². The first-order valence-corrected chi connectivity index (χ1v) is 6.42. The van der Waals surface area contributed by atoms with E-state index >= 15 is 0 Å². The summed E-state index contributed by atoms with van der Waals surface area (Å²) in [7, 11) is 0. The zero-order valence-corrected chi connectivity index (χ0v) is 10.8. The van der Waals surface area contributed by atoms with Crippen molar-refractivity contribution in [2.45, 2.75) is 6.10 Å². The van der Waals surface area contributed by atoms with Gasteiger partial charge in [0.05, 0.1) is 12.7 Å². The Labute approximate surface area is 112 Å². The summed E-state index contributed by atoms with van der Waals surface area (Å²) in [6.45, 7) is 3.76. The van der Waals surface area contributed by atoms with Crippen LogP contribution in [0.15, 0.2) is 29.4 Å². The van der Waals surface area contributed by atoms with Gasteiger partial charge in [0.2, 0.25) is 0 Å². The Balaban J connectivity index is 1.86. The van der Waals surface area contributed by atoms with E-state index in [0.29, 0.717) is 12.2 Å². The highest BCUT2D eigenvalue weighted by Gasteiger charge is 2.19. The van der Waals surface area contributed by atoms with Crippen LogP contribution in [0.1, 0.15) is 0 Å². The maximum absolute atomic E-state index is 10.4. The molecule has 19 heavy (non-hydrogen) atoms. The molecule has 1 heterocycles. The topological polar surface area (TPSA) is 76.4 Å². The fourth-order valence-electron chi connectivity index (χ4n) is 2.27. The number of nitrogens with zero attached hydrogens (tertiary/aromatic N) is 3. The van der Waals surface area contributed by atoms with Crippen molar-refractivity contribution in [2.24, 2.45) is 5.18 Å². The van der Waals surface area contributed by atoms with Crippen LogP contribution in [0.25, 0.3) is 0 Å². The standard InChI is InChI=1S/C13H19N3O3/c17-10-13(18)9-15-5-7-16(8-6-15)12-3-1-11(14-19)2-4-12/h1-4,13,17-18H,5-10H2. The summed E-state index contributed by atoms with van der Waals surface area (Å²) < 4.78 is 0. The van der Waals surface area contributed by atoms with E-state index in [2.05, 4.69) is 15.0 Å². The number of benzene rings is 1. The maximum atomic E-state index is 10.4. The highest BCUT2D eigenvalue weighted by atomic mass is 16.3. The lowest BCUT2D eigenvalue weighted by Crippen LogP contribution is -2.49. The Morgan fingerprint density at radius 1 is 1.16 bits per heavy atom. The monoisotopic (exact) mass is 265 g/mol. The second-order valence-corrected chi connectivity index (χ2v) is 4.73. The van der Waals surface area contributed by atoms with Gasteiger partial charge < -0.3 is 15.1 Å². The zero-order valence-electron chi connectivity index (χ0n) is 10.8. The molecule has 1 fully saturated rings. The van der Waals surface area contributed by atoms with Gasteiger partial charge in [-0.05, 0) is 29.4 Å². The van der Waals surface area contributed by atoms with Crippen LogP contribution in [0.4, 0.5) is 11.4 Å². The third kappa shape index (κ3) is 3.73. The van der Waals surface area contributed by atoms with Crippen LogP contribution in [0.3, 0.4) is 0 Å². The first kappa shape index (κ1) is 13.9. The molecule has 1 aliphatic rings. The van der Waals surface area contributed by atoms with Crippen molar-refractivity contribution in [3.63, 3.8) is 0 Å². The van der Waals surface area contributed by atoms with E-state index < -0.39 is 6.10 Å². The number of β-amino-alcohol motifs (C(OH)–C–C–N with tert-alkyl or cyclic N) is 1. The van der Waals surface area contributed by atoms with Crippen LogP contribution in [0.2, 0.25) is 0 Å². The van der Waals surface area contributed by atoms with Crippen LogP contribution >= 0.6 is 0 Å². The molecule has 0 bridgehead atoms. The van der Waals surface area contributed by atoms with Crippen molar-refractivity contribution in [1.29, 1.82) is 0 Å². The SMILES string of the molecule is O=Nc1ccc(N2CCN(CC(O)CO)CC2)cc1. The molecule has 1 unspecified atom stereocenters. The molecule has 0 radical (unpaired) electrons. The molecule has 1 saturated heterocycles. The Morgan fingerprint density at radius 2 is 1.79 bits per heavy atom. The molecule has 1 aromatic carbocycles. The van der Waals surface area contributed by atoms with Crippen LogP contribution in [-0.2, 0) is 0 Å². The molecule has 1 aromatic rings. The molecule has 0 aromatic heterocycles. The van der Waals surface area contributed by atoms with E-state index in [0.717, 1.165) is 31.9 Å². The quantitative estimate of drug-likeness (QED) is 0.761. The second kappa shape index (κ2) is 6.60. The Bertz CT molecular complexity index is 402. The molecule has 1 aliphatic heterocycles. The van der Waals surface area contributed by atoms with E-state index in [4.69, 9.17) is 5.11 Å². The molecule has 2 N–H and O–H groups in total. The van der Waals surface area contributed by atoms with Gasteiger partial charge in [-0.1, -0.05) is 0 Å². The van der Waals surface area contributed by atoms with Gasteiger partial charge in [0.1, 0.15) is 5.69 Å². The fraction of sp³-hybridized carbons (Fsp3) is 0.538. The number of hydrogen-bond acceptors (Lipinski definition) is 6. The average Bonchev–Trinajstić information content (AvgIpc) is 2.48. The predicted octanol–water partition coefficient (Wildman–Crippen LogP) is 0.560. The fourth-order valence-corrected chi connectivity index (χ4v) is 2.27. The Hall–Kier alpha value is -1.50. The number of aliphatic hydroxyl groups is 2. The van der Waals surface area contributed by atoms with Gasteiger partial charge in [0, 0.05) is 38.4 Å². The Morgan fingerprint density at radius 3 is 2.32 bits per heavy atom. The smallest absolute Gasteiger partial charge is 0.108 e. The summed E-state index contributed by atoms with van der Waals surface area (Å²) in [6, 6.07) is 7.22. The summed E-state index contributed by atoms with van der Waals surface area (Å²) in [6.07, 6.45) is -0.663. The van der Waals surface area contributed by atoms with Crippen molar-refractivity contribution in [3.8, 4) is 0 Å². The van der Waals surface area contributed by atoms with Gasteiger partial charge >= 0.3 is 0 Å². The van der Waals surface area contributed by atoms with Crippen molar-refractivity contribution >= 4 is 11.4 Å². The normalized spacial score (nSPS) is 18.3. The van der Waals surface area contributed by atoms with Crippen molar-refractivity contribution in [1.82, 2.24) is 4.90 Å².